The molecule has 0 saturated carbocycles. The highest BCUT2D eigenvalue weighted by atomic mass is 19.4. The van der Waals surface area contributed by atoms with Crippen LogP contribution in [0.4, 0.5) is 13.2 Å². The number of hydrogen-bond acceptors (Lipinski definition) is 5. The van der Waals surface area contributed by atoms with Crippen LogP contribution in [0, 0.1) is 5.41 Å². The average Bonchev–Trinajstić information content (AvgIpc) is 3.27. The second-order valence-corrected chi connectivity index (χ2v) is 9.47. The lowest BCUT2D eigenvalue weighted by molar-refractivity contribution is -0.202. The predicted molar refractivity (Wildman–Crippen MR) is 127 cm³/mol. The summed E-state index contributed by atoms with van der Waals surface area (Å²) in [5.74, 6) is -4.11. The lowest BCUT2D eigenvalue weighted by atomic mass is 9.83. The Labute approximate surface area is 205 Å². The molecular weight excluding hydrogens is 461 g/mol. The van der Waals surface area contributed by atoms with Crippen molar-refractivity contribution in [1.82, 2.24) is 10.6 Å². The Hall–Kier alpha value is -2.42. The van der Waals surface area contributed by atoms with Crippen LogP contribution in [0.15, 0.2) is 24.3 Å². The number of benzene rings is 1. The van der Waals surface area contributed by atoms with Crippen LogP contribution in [0.3, 0.4) is 0 Å². The Morgan fingerprint density at radius 2 is 1.63 bits per heavy atom. The molecule has 1 atom stereocenters. The fraction of sp³-hybridized carbons (Fsp3) is 0.654. The standard InChI is InChI=1S/C26H37F3N2O4/c1-2-3-4-5-6-7-8-9-10-20-11-13-21(14-12-20)23(33)31-19-25(15-16-30-18-25)17-22(32)35-24(34)26(27,28)29/h11-14,30H,2-10,15-19H2,1H3,(H,31,33). The molecular formula is C26H37F3N2O4. The Kier molecular flexibility index (Phi) is 11.7. The Bertz CT molecular complexity index is 819. The normalized spacial score (nSPS) is 17.8. The van der Waals surface area contributed by atoms with Gasteiger partial charge in [0.1, 0.15) is 0 Å². The molecule has 0 aliphatic carbocycles. The number of rotatable bonds is 14. The molecule has 35 heavy (non-hydrogen) atoms. The van der Waals surface area contributed by atoms with Crippen LogP contribution in [-0.2, 0) is 20.7 Å². The summed E-state index contributed by atoms with van der Waals surface area (Å²) < 4.78 is 41.0. The van der Waals surface area contributed by atoms with Crippen molar-refractivity contribution < 1.29 is 32.3 Å². The van der Waals surface area contributed by atoms with Crippen LogP contribution < -0.4 is 10.6 Å². The van der Waals surface area contributed by atoms with Crippen LogP contribution in [0.25, 0.3) is 0 Å². The van der Waals surface area contributed by atoms with Crippen molar-refractivity contribution in [2.45, 2.75) is 83.7 Å². The van der Waals surface area contributed by atoms with Gasteiger partial charge in [-0.2, -0.15) is 13.2 Å². The Balaban J connectivity index is 1.77. The first kappa shape index (κ1) is 28.8. The number of unbranched alkanes of at least 4 members (excludes halogenated alkanes) is 7. The van der Waals surface area contributed by atoms with E-state index in [0.29, 0.717) is 25.1 Å². The van der Waals surface area contributed by atoms with E-state index in [2.05, 4.69) is 22.3 Å². The molecule has 2 rings (SSSR count). The van der Waals surface area contributed by atoms with Crippen molar-refractivity contribution in [2.24, 2.45) is 5.41 Å². The zero-order chi connectivity index (χ0) is 25.7. The second-order valence-electron chi connectivity index (χ2n) is 9.47. The first-order chi connectivity index (χ1) is 16.6. The molecule has 1 aromatic rings. The van der Waals surface area contributed by atoms with Gasteiger partial charge in [0.2, 0.25) is 0 Å². The van der Waals surface area contributed by atoms with Crippen molar-refractivity contribution in [3.63, 3.8) is 0 Å². The van der Waals surface area contributed by atoms with E-state index < -0.39 is 30.0 Å². The summed E-state index contributed by atoms with van der Waals surface area (Å²) in [6, 6.07) is 7.38. The zero-order valence-electron chi connectivity index (χ0n) is 20.5. The minimum Gasteiger partial charge on any atom is -0.386 e. The molecule has 1 aromatic carbocycles. The van der Waals surface area contributed by atoms with Gasteiger partial charge >= 0.3 is 18.1 Å². The molecule has 1 saturated heterocycles. The lowest BCUT2D eigenvalue weighted by Gasteiger charge is -2.27. The molecule has 1 amide bonds. The average molecular weight is 499 g/mol. The van der Waals surface area contributed by atoms with E-state index in [1.165, 1.54) is 50.5 Å². The smallest absolute Gasteiger partial charge is 0.386 e. The van der Waals surface area contributed by atoms with Gasteiger partial charge in [0.15, 0.2) is 0 Å². The second kappa shape index (κ2) is 14.2. The first-order valence-electron chi connectivity index (χ1n) is 12.5. The van der Waals surface area contributed by atoms with Gasteiger partial charge in [0.25, 0.3) is 5.91 Å². The number of nitrogens with one attached hydrogen (secondary N) is 2. The number of aryl methyl sites for hydroxylation is 1. The SMILES string of the molecule is CCCCCCCCCCc1ccc(C(=O)NCC2(CC(=O)OC(=O)C(F)(F)F)CCNC2)cc1. The van der Waals surface area contributed by atoms with Crippen LogP contribution in [0.5, 0.6) is 0 Å². The summed E-state index contributed by atoms with van der Waals surface area (Å²) in [5, 5.41) is 5.82. The van der Waals surface area contributed by atoms with Crippen molar-refractivity contribution >= 4 is 17.8 Å². The third-order valence-electron chi connectivity index (χ3n) is 6.45. The molecule has 9 heteroatoms. The molecule has 1 heterocycles. The van der Waals surface area contributed by atoms with E-state index in [0.717, 1.165) is 12.8 Å². The van der Waals surface area contributed by atoms with E-state index in [1.807, 2.05) is 12.1 Å². The molecule has 1 unspecified atom stereocenters. The number of carbonyl (C=O) groups is 3. The Morgan fingerprint density at radius 3 is 2.20 bits per heavy atom. The van der Waals surface area contributed by atoms with Gasteiger partial charge in [-0.15, -0.1) is 0 Å². The third-order valence-corrected chi connectivity index (χ3v) is 6.45. The third kappa shape index (κ3) is 10.4. The van der Waals surface area contributed by atoms with Crippen molar-refractivity contribution in [1.29, 1.82) is 0 Å². The molecule has 2 N–H and O–H groups in total. The number of esters is 2. The van der Waals surface area contributed by atoms with Gasteiger partial charge in [-0.1, -0.05) is 64.0 Å². The summed E-state index contributed by atoms with van der Waals surface area (Å²) in [6.45, 7) is 3.16. The molecule has 1 fully saturated rings. The minimum absolute atomic E-state index is 0.0775. The summed E-state index contributed by atoms with van der Waals surface area (Å²) >= 11 is 0. The summed E-state index contributed by atoms with van der Waals surface area (Å²) in [4.78, 5) is 35.4. The van der Waals surface area contributed by atoms with E-state index in [-0.39, 0.29) is 12.5 Å². The van der Waals surface area contributed by atoms with E-state index in [1.54, 1.807) is 12.1 Å². The fourth-order valence-corrected chi connectivity index (χ4v) is 4.32. The molecule has 1 aliphatic rings. The van der Waals surface area contributed by atoms with E-state index in [9.17, 15) is 27.6 Å². The van der Waals surface area contributed by atoms with Gasteiger partial charge in [-0.25, -0.2) is 4.79 Å². The monoisotopic (exact) mass is 498 g/mol. The highest BCUT2D eigenvalue weighted by Crippen LogP contribution is 2.30. The van der Waals surface area contributed by atoms with Crippen molar-refractivity contribution in [3.05, 3.63) is 35.4 Å². The number of alkyl halides is 3. The topological polar surface area (TPSA) is 84.5 Å². The summed E-state index contributed by atoms with van der Waals surface area (Å²) in [7, 11) is 0. The van der Waals surface area contributed by atoms with Gasteiger partial charge < -0.3 is 15.4 Å². The zero-order valence-corrected chi connectivity index (χ0v) is 20.5. The molecule has 0 aromatic heterocycles. The molecule has 196 valence electrons. The lowest BCUT2D eigenvalue weighted by Crippen LogP contribution is -2.41. The van der Waals surface area contributed by atoms with Gasteiger partial charge in [0, 0.05) is 24.1 Å². The number of hydrogen-bond donors (Lipinski definition) is 2. The number of halogens is 3. The van der Waals surface area contributed by atoms with Crippen LogP contribution >= 0.6 is 0 Å². The van der Waals surface area contributed by atoms with Crippen LogP contribution in [-0.4, -0.2) is 43.7 Å². The fourth-order valence-electron chi connectivity index (χ4n) is 4.32. The number of amides is 1. The highest BCUT2D eigenvalue weighted by Gasteiger charge is 2.44. The first-order valence-corrected chi connectivity index (χ1v) is 12.5. The molecule has 0 bridgehead atoms. The van der Waals surface area contributed by atoms with Crippen LogP contribution in [0.2, 0.25) is 0 Å². The number of ether oxygens (including phenoxy) is 1. The van der Waals surface area contributed by atoms with E-state index >= 15 is 0 Å². The summed E-state index contributed by atoms with van der Waals surface area (Å²) in [5.41, 5.74) is 0.830. The molecule has 1 aliphatic heterocycles. The number of carbonyl (C=O) groups excluding carboxylic acids is 3. The van der Waals surface area contributed by atoms with E-state index in [4.69, 9.17) is 0 Å². The van der Waals surface area contributed by atoms with Crippen LogP contribution in [0.1, 0.15) is 87.1 Å². The Morgan fingerprint density at radius 1 is 1.00 bits per heavy atom. The maximum absolute atomic E-state index is 12.6. The molecule has 0 spiro atoms. The molecule has 0 radical (unpaired) electrons. The van der Waals surface area contributed by atoms with Gasteiger partial charge in [-0.3, -0.25) is 9.59 Å². The maximum atomic E-state index is 12.6. The quantitative estimate of drug-likeness (QED) is 0.212. The molecule has 6 nitrogen and oxygen atoms in total. The highest BCUT2D eigenvalue weighted by molar-refractivity contribution is 5.94. The van der Waals surface area contributed by atoms with Gasteiger partial charge in [-0.05, 0) is 43.5 Å². The van der Waals surface area contributed by atoms with Crippen molar-refractivity contribution in [2.75, 3.05) is 19.6 Å². The largest absolute Gasteiger partial charge is 0.491 e. The minimum atomic E-state index is -5.23. The predicted octanol–water partition coefficient (Wildman–Crippen LogP) is 5.10. The van der Waals surface area contributed by atoms with Gasteiger partial charge in [0.05, 0.1) is 6.42 Å². The summed E-state index contributed by atoms with van der Waals surface area (Å²) in [6.07, 6.45) is 5.83. The maximum Gasteiger partial charge on any atom is 0.491 e. The van der Waals surface area contributed by atoms with Crippen molar-refractivity contribution in [3.8, 4) is 0 Å².